The molecule has 2 aliphatic rings. The molecule has 2 aliphatic carbocycles. The Hall–Kier alpha value is -2.38. The fourth-order valence-electron chi connectivity index (χ4n) is 4.49. The minimum absolute atomic E-state index is 0.0819. The maximum Gasteiger partial charge on any atom is 0.191 e. The van der Waals surface area contributed by atoms with Crippen LogP contribution in [0.15, 0.2) is 23.4 Å². The van der Waals surface area contributed by atoms with Crippen LogP contribution in [0.5, 0.6) is 0 Å². The van der Waals surface area contributed by atoms with E-state index in [9.17, 15) is 19.7 Å². The van der Waals surface area contributed by atoms with Crippen molar-refractivity contribution in [3.05, 3.63) is 35.1 Å². The van der Waals surface area contributed by atoms with Gasteiger partial charge in [0.2, 0.25) is 0 Å². The second-order valence-electron chi connectivity index (χ2n) is 9.09. The number of halogens is 1. The first kappa shape index (κ1) is 21.7. The van der Waals surface area contributed by atoms with Crippen molar-refractivity contribution < 1.29 is 28.6 Å². The molecule has 0 aliphatic heterocycles. The number of benzene rings is 1. The topological polar surface area (TPSA) is 138 Å². The van der Waals surface area contributed by atoms with E-state index in [2.05, 4.69) is 25.6 Å². The number of ether oxygens (including phenoxy) is 1. The molecule has 2 aromatic heterocycles. The molecule has 0 bridgehead atoms. The van der Waals surface area contributed by atoms with Crippen molar-refractivity contribution >= 4 is 28.7 Å². The lowest BCUT2D eigenvalue weighted by atomic mass is 10.1. The maximum absolute atomic E-state index is 14.2. The molecule has 194 valence electrons. The minimum atomic E-state index is -2.58. The Morgan fingerprint density at radius 1 is 1.31 bits per heavy atom. The molecule has 2 heterocycles. The number of aryl methyl sites for hydroxylation is 1. The van der Waals surface area contributed by atoms with E-state index in [0.717, 1.165) is 12.2 Å². The van der Waals surface area contributed by atoms with Gasteiger partial charge in [0, 0.05) is 25.5 Å². The zero-order valence-electron chi connectivity index (χ0n) is 22.9. The van der Waals surface area contributed by atoms with E-state index in [4.69, 9.17) is 8.85 Å². The number of hydrogen-bond donors (Lipinski definition) is 4. The SMILES string of the molecule is [2H]C([2H])(O)CO[C@H]1C[C@@H](n2nnc3c(N[C@@H]4C[C@@]4([2H])c4ccc(C)c(F)c4)nc(SCCC)nc32)[C@H](O)[C@@H]1O. The Morgan fingerprint density at radius 2 is 2.14 bits per heavy atom. The maximum atomic E-state index is 14.2. The Morgan fingerprint density at radius 3 is 2.89 bits per heavy atom. The number of aromatic nitrogens is 5. The first-order valence-electron chi connectivity index (χ1n) is 13.4. The van der Waals surface area contributed by atoms with Crippen LogP contribution in [0.3, 0.4) is 0 Å². The van der Waals surface area contributed by atoms with E-state index in [1.54, 1.807) is 19.1 Å². The van der Waals surface area contributed by atoms with Crippen LogP contribution in [0.25, 0.3) is 11.2 Å². The van der Waals surface area contributed by atoms with Crippen LogP contribution in [0.2, 0.25) is 0 Å². The van der Waals surface area contributed by atoms with Gasteiger partial charge in [-0.15, -0.1) is 5.10 Å². The van der Waals surface area contributed by atoms with Crippen molar-refractivity contribution in [1.29, 1.82) is 0 Å². The molecule has 4 N–H and O–H groups in total. The lowest BCUT2D eigenvalue weighted by molar-refractivity contribution is -0.0629. The van der Waals surface area contributed by atoms with Gasteiger partial charge in [0.05, 0.1) is 28.1 Å². The molecule has 1 aromatic carbocycles. The molecule has 12 heteroatoms. The average Bonchev–Trinajstić information content (AvgIpc) is 3.21. The van der Waals surface area contributed by atoms with Gasteiger partial charge >= 0.3 is 0 Å². The summed E-state index contributed by atoms with van der Waals surface area (Å²) in [6, 6.07) is 3.69. The van der Waals surface area contributed by atoms with Gasteiger partial charge in [0.25, 0.3) is 0 Å². The molecule has 6 atom stereocenters. The molecule has 3 aromatic rings. The monoisotopic (exact) mass is 521 g/mol. The van der Waals surface area contributed by atoms with Crippen molar-refractivity contribution in [3.8, 4) is 0 Å². The van der Waals surface area contributed by atoms with Crippen LogP contribution >= 0.6 is 11.8 Å². The standard InChI is InChI=1S/C24H31FN6O4S/c1-3-8-36-24-27-22(26-16-10-14(16)13-5-4-12(2)15(25)9-13)19-23(28-24)31(30-29-19)17-11-18(35-7-6-32)21(34)20(17)33/h4-5,9,14,16-18,20-21,32-34H,3,6-8,10-11H2,1-2H3,(H,26,27,28)/t14-,16+,17+,18-,20-,21+/m0/s1/i6D2,14D. The summed E-state index contributed by atoms with van der Waals surface area (Å²) in [5.41, 5.74) is 1.72. The number of rotatable bonds is 10. The minimum Gasteiger partial charge on any atom is -0.394 e. The van der Waals surface area contributed by atoms with Crippen LogP contribution in [0.4, 0.5) is 10.2 Å². The average molecular weight is 522 g/mol. The highest BCUT2D eigenvalue weighted by atomic mass is 32.2. The lowest BCUT2D eigenvalue weighted by Gasteiger charge is -2.17. The van der Waals surface area contributed by atoms with Gasteiger partial charge in [0.1, 0.15) is 18.0 Å². The molecule has 2 saturated carbocycles. The van der Waals surface area contributed by atoms with Crippen molar-refractivity contribution in [3.63, 3.8) is 0 Å². The van der Waals surface area contributed by atoms with Crippen molar-refractivity contribution in [2.45, 2.75) is 74.6 Å². The van der Waals surface area contributed by atoms with Gasteiger partial charge in [-0.1, -0.05) is 36.0 Å². The third kappa shape index (κ3) is 4.92. The summed E-state index contributed by atoms with van der Waals surface area (Å²) in [4.78, 5) is 9.23. The number of nitrogens with one attached hydrogen (secondary N) is 1. The molecule has 0 unspecified atom stereocenters. The van der Waals surface area contributed by atoms with Gasteiger partial charge in [-0.25, -0.2) is 19.0 Å². The van der Waals surface area contributed by atoms with E-state index in [-0.39, 0.29) is 18.3 Å². The molecular weight excluding hydrogens is 487 g/mol. The second kappa shape index (κ2) is 10.5. The first-order valence-corrected chi connectivity index (χ1v) is 12.9. The molecule has 36 heavy (non-hydrogen) atoms. The number of anilines is 1. The summed E-state index contributed by atoms with van der Waals surface area (Å²) in [5, 5.41) is 42.8. The zero-order valence-corrected chi connectivity index (χ0v) is 20.7. The fraction of sp³-hybridized carbons (Fsp3) is 0.583. The van der Waals surface area contributed by atoms with Gasteiger partial charge < -0.3 is 25.4 Å². The summed E-state index contributed by atoms with van der Waals surface area (Å²) in [6.45, 7) is 0.457. The normalized spacial score (nSPS) is 31.3. The van der Waals surface area contributed by atoms with Crippen LogP contribution < -0.4 is 5.32 Å². The lowest BCUT2D eigenvalue weighted by Crippen LogP contribution is -2.33. The number of thioether (sulfide) groups is 1. The van der Waals surface area contributed by atoms with E-state index in [1.165, 1.54) is 22.5 Å². The van der Waals surface area contributed by atoms with Crippen molar-refractivity contribution in [2.75, 3.05) is 24.2 Å². The molecular formula is C24H31FN6O4S. The number of fused-ring (bicyclic) bond motifs is 1. The quantitative estimate of drug-likeness (QED) is 0.232. The van der Waals surface area contributed by atoms with Crippen LogP contribution in [-0.2, 0) is 4.74 Å². The summed E-state index contributed by atoms with van der Waals surface area (Å²) in [5.74, 6) is -0.270. The van der Waals surface area contributed by atoms with E-state index in [0.29, 0.717) is 39.7 Å². The third-order valence-corrected chi connectivity index (χ3v) is 7.60. The van der Waals surface area contributed by atoms with Crippen molar-refractivity contribution in [1.82, 2.24) is 25.0 Å². The fourth-order valence-corrected chi connectivity index (χ4v) is 5.18. The zero-order chi connectivity index (χ0) is 28.1. The smallest absolute Gasteiger partial charge is 0.191 e. The highest BCUT2D eigenvalue weighted by Crippen LogP contribution is 2.44. The summed E-state index contributed by atoms with van der Waals surface area (Å²) in [7, 11) is 0. The second-order valence-corrected chi connectivity index (χ2v) is 10.2. The van der Waals surface area contributed by atoms with Gasteiger partial charge in [-0.3, -0.25) is 0 Å². The Kier molecular flexibility index (Phi) is 6.35. The summed E-state index contributed by atoms with van der Waals surface area (Å²) in [6.07, 6.45) is -2.17. The van der Waals surface area contributed by atoms with E-state index >= 15 is 0 Å². The van der Waals surface area contributed by atoms with Crippen LogP contribution in [-0.4, -0.2) is 83.6 Å². The first-order chi connectivity index (χ1) is 18.4. The van der Waals surface area contributed by atoms with Gasteiger partial charge in [-0.2, -0.15) is 0 Å². The Labute approximate surface area is 216 Å². The predicted octanol–water partition coefficient (Wildman–Crippen LogP) is 2.18. The highest BCUT2D eigenvalue weighted by molar-refractivity contribution is 7.99. The molecule has 0 amide bonds. The van der Waals surface area contributed by atoms with Crippen LogP contribution in [0.1, 0.15) is 53.4 Å². The summed E-state index contributed by atoms with van der Waals surface area (Å²) >= 11 is 1.43. The predicted molar refractivity (Wildman–Crippen MR) is 133 cm³/mol. The molecule has 2 fully saturated rings. The molecule has 5 rings (SSSR count). The Balaban J connectivity index is 1.43. The highest BCUT2D eigenvalue weighted by Gasteiger charge is 2.45. The van der Waals surface area contributed by atoms with Gasteiger partial charge in [-0.05, 0) is 37.0 Å². The largest absolute Gasteiger partial charge is 0.394 e. The van der Waals surface area contributed by atoms with Crippen molar-refractivity contribution in [2.24, 2.45) is 0 Å². The molecule has 10 nitrogen and oxygen atoms in total. The van der Waals surface area contributed by atoms with E-state index in [1.807, 2.05) is 6.92 Å². The number of nitrogens with zero attached hydrogens (tertiary/aromatic N) is 5. The molecule has 0 radical (unpaired) electrons. The number of hydrogen-bond acceptors (Lipinski definition) is 10. The van der Waals surface area contributed by atoms with E-state index < -0.39 is 43.4 Å². The third-order valence-electron chi connectivity index (χ3n) is 6.55. The van der Waals surface area contributed by atoms with Crippen LogP contribution in [0, 0.1) is 12.7 Å². The molecule has 0 saturated heterocycles. The Bertz CT molecular complexity index is 1360. The summed E-state index contributed by atoms with van der Waals surface area (Å²) < 4.78 is 44.3. The number of aliphatic hydroxyl groups is 3. The molecule has 0 spiro atoms. The van der Waals surface area contributed by atoms with Gasteiger partial charge in [0.15, 0.2) is 22.1 Å². The number of aliphatic hydroxyl groups excluding tert-OH is 2.